The van der Waals surface area contributed by atoms with Crippen molar-refractivity contribution in [3.63, 3.8) is 0 Å². The fourth-order valence-electron chi connectivity index (χ4n) is 2.26. The molecule has 0 aliphatic heterocycles. The lowest BCUT2D eigenvalue weighted by Crippen LogP contribution is -2.04. The van der Waals surface area contributed by atoms with Gasteiger partial charge in [-0.2, -0.15) is 5.26 Å². The van der Waals surface area contributed by atoms with Gasteiger partial charge in [0.1, 0.15) is 23.1 Å². The highest BCUT2D eigenvalue weighted by Gasteiger charge is 2.16. The zero-order valence-corrected chi connectivity index (χ0v) is 12.8. The summed E-state index contributed by atoms with van der Waals surface area (Å²) >= 11 is 1.61. The number of hydrogen-bond acceptors (Lipinski definition) is 6. The molecule has 0 aliphatic rings. The van der Waals surface area contributed by atoms with Gasteiger partial charge in [0.05, 0.1) is 5.39 Å². The Hall–Kier alpha value is -2.33. The van der Waals surface area contributed by atoms with Gasteiger partial charge in [0.15, 0.2) is 5.82 Å². The molecule has 3 aromatic rings. The third kappa shape index (κ3) is 2.50. The van der Waals surface area contributed by atoms with Crippen molar-refractivity contribution < 1.29 is 0 Å². The zero-order chi connectivity index (χ0) is 15.0. The summed E-state index contributed by atoms with van der Waals surface area (Å²) < 4.78 is 1.56. The van der Waals surface area contributed by atoms with Gasteiger partial charge in [0.25, 0.3) is 5.82 Å². The summed E-state index contributed by atoms with van der Waals surface area (Å²) in [5.41, 5.74) is 1.22. The minimum Gasteiger partial charge on any atom is -0.222 e. The Bertz CT molecular complexity index is 839. The number of aryl methyl sites for hydroxylation is 1. The second-order valence-electron chi connectivity index (χ2n) is 5.26. The first kappa shape index (κ1) is 13.6. The lowest BCUT2D eigenvalue weighted by molar-refractivity contribution is 0.650. The summed E-state index contributed by atoms with van der Waals surface area (Å²) in [6.45, 7) is 6.22. The fraction of sp³-hybridized carbons (Fsp3) is 0.357. The summed E-state index contributed by atoms with van der Waals surface area (Å²) in [5.74, 6) is 2.07. The molecule has 6 nitrogen and oxygen atoms in total. The van der Waals surface area contributed by atoms with Crippen molar-refractivity contribution in [3.8, 4) is 11.9 Å². The van der Waals surface area contributed by atoms with Gasteiger partial charge in [-0.25, -0.2) is 19.6 Å². The van der Waals surface area contributed by atoms with Gasteiger partial charge in [-0.1, -0.05) is 13.8 Å². The first-order chi connectivity index (χ1) is 10.1. The molecule has 0 bridgehead atoms. The molecule has 7 heteroatoms. The molecule has 0 aliphatic carbocycles. The molecule has 0 spiro atoms. The molecule has 3 rings (SSSR count). The zero-order valence-electron chi connectivity index (χ0n) is 12.0. The molecule has 0 amide bonds. The molecule has 3 heterocycles. The number of thiophene rings is 1. The smallest absolute Gasteiger partial charge is 0.222 e. The third-order valence-electron chi connectivity index (χ3n) is 3.04. The average Bonchev–Trinajstić information content (AvgIpc) is 3.04. The van der Waals surface area contributed by atoms with Crippen molar-refractivity contribution in [3.05, 3.63) is 28.9 Å². The van der Waals surface area contributed by atoms with E-state index >= 15 is 0 Å². The third-order valence-corrected chi connectivity index (χ3v) is 3.96. The molecule has 0 N–H and O–H groups in total. The Morgan fingerprint density at radius 1 is 1.38 bits per heavy atom. The lowest BCUT2D eigenvalue weighted by atomic mass is 10.0. The van der Waals surface area contributed by atoms with Crippen LogP contribution in [-0.2, 0) is 6.42 Å². The molecule has 0 saturated carbocycles. The Kier molecular flexibility index (Phi) is 3.39. The maximum absolute atomic E-state index is 8.88. The molecule has 0 fully saturated rings. The predicted molar refractivity (Wildman–Crippen MR) is 80.3 cm³/mol. The van der Waals surface area contributed by atoms with Crippen LogP contribution in [0.4, 0.5) is 0 Å². The molecule has 0 aromatic carbocycles. The molecule has 0 unspecified atom stereocenters. The van der Waals surface area contributed by atoms with Crippen LogP contribution in [-0.4, -0.2) is 24.7 Å². The molecule has 0 atom stereocenters. The number of nitriles is 1. The van der Waals surface area contributed by atoms with E-state index < -0.39 is 0 Å². The van der Waals surface area contributed by atoms with Crippen molar-refractivity contribution in [1.29, 1.82) is 5.26 Å². The topological polar surface area (TPSA) is 80.3 Å². The van der Waals surface area contributed by atoms with E-state index in [2.05, 4.69) is 39.3 Å². The normalized spacial score (nSPS) is 11.2. The number of nitrogens with zero attached hydrogens (tertiary/aromatic N) is 6. The summed E-state index contributed by atoms with van der Waals surface area (Å²) in [5, 5.41) is 16.2. The van der Waals surface area contributed by atoms with Crippen LogP contribution in [0.1, 0.15) is 31.1 Å². The van der Waals surface area contributed by atoms with E-state index in [9.17, 15) is 0 Å². The summed E-state index contributed by atoms with van der Waals surface area (Å²) in [4.78, 5) is 13.9. The van der Waals surface area contributed by atoms with Gasteiger partial charge < -0.3 is 0 Å². The minimum absolute atomic E-state index is 0.139. The van der Waals surface area contributed by atoms with Gasteiger partial charge in [0, 0.05) is 0 Å². The fourth-order valence-corrected chi connectivity index (χ4v) is 3.25. The largest absolute Gasteiger partial charge is 0.252 e. The van der Waals surface area contributed by atoms with E-state index in [4.69, 9.17) is 5.26 Å². The van der Waals surface area contributed by atoms with E-state index in [1.807, 2.05) is 13.0 Å². The number of aromatic nitrogens is 5. The summed E-state index contributed by atoms with van der Waals surface area (Å²) in [6.07, 6.45) is 2.48. The second kappa shape index (κ2) is 5.22. The van der Waals surface area contributed by atoms with Gasteiger partial charge in [-0.3, -0.25) is 0 Å². The quantitative estimate of drug-likeness (QED) is 0.742. The molecular formula is C14H14N6S. The van der Waals surface area contributed by atoms with Gasteiger partial charge in [-0.05, 0) is 30.2 Å². The van der Waals surface area contributed by atoms with Crippen LogP contribution in [0.25, 0.3) is 16.0 Å². The summed E-state index contributed by atoms with van der Waals surface area (Å²) in [7, 11) is 0. The molecule has 106 valence electrons. The first-order valence-corrected chi connectivity index (χ1v) is 7.53. The van der Waals surface area contributed by atoms with Crippen molar-refractivity contribution in [2.45, 2.75) is 27.2 Å². The van der Waals surface area contributed by atoms with Gasteiger partial charge >= 0.3 is 0 Å². The maximum atomic E-state index is 8.88. The molecule has 0 radical (unpaired) electrons. The molecule has 0 saturated heterocycles. The molecule has 21 heavy (non-hydrogen) atoms. The van der Waals surface area contributed by atoms with Crippen molar-refractivity contribution in [2.24, 2.45) is 5.92 Å². The standard InChI is InChI=1S/C14H14N6S/c1-8(2)4-10-6-21-14-12(10)13(17-9(3)18-14)20-7-16-11(5-15)19-20/h6-8H,4H2,1-3H3. The second-order valence-corrected chi connectivity index (χ2v) is 6.12. The van der Waals surface area contributed by atoms with Crippen LogP contribution in [0.5, 0.6) is 0 Å². The maximum Gasteiger partial charge on any atom is 0.252 e. The first-order valence-electron chi connectivity index (χ1n) is 6.65. The highest BCUT2D eigenvalue weighted by Crippen LogP contribution is 2.30. The van der Waals surface area contributed by atoms with Crippen LogP contribution in [0, 0.1) is 24.2 Å². The lowest BCUT2D eigenvalue weighted by Gasteiger charge is -2.07. The van der Waals surface area contributed by atoms with Gasteiger partial charge in [0.2, 0.25) is 0 Å². The highest BCUT2D eigenvalue weighted by molar-refractivity contribution is 7.17. The van der Waals surface area contributed by atoms with Crippen molar-refractivity contribution >= 4 is 21.6 Å². The SMILES string of the molecule is Cc1nc(-n2cnc(C#N)n2)c2c(CC(C)C)csc2n1. The number of hydrogen-bond donors (Lipinski definition) is 0. The summed E-state index contributed by atoms with van der Waals surface area (Å²) in [6, 6.07) is 1.94. The highest BCUT2D eigenvalue weighted by atomic mass is 32.1. The number of fused-ring (bicyclic) bond motifs is 1. The van der Waals surface area contributed by atoms with Crippen molar-refractivity contribution in [1.82, 2.24) is 24.7 Å². The van der Waals surface area contributed by atoms with Crippen LogP contribution >= 0.6 is 11.3 Å². The van der Waals surface area contributed by atoms with Crippen LogP contribution in [0.2, 0.25) is 0 Å². The average molecular weight is 298 g/mol. The Balaban J connectivity index is 2.24. The Morgan fingerprint density at radius 3 is 2.86 bits per heavy atom. The Morgan fingerprint density at radius 2 is 2.19 bits per heavy atom. The van der Waals surface area contributed by atoms with E-state index in [1.54, 1.807) is 16.0 Å². The minimum atomic E-state index is 0.139. The van der Waals surface area contributed by atoms with E-state index in [0.29, 0.717) is 17.6 Å². The molecular weight excluding hydrogens is 284 g/mol. The van der Waals surface area contributed by atoms with E-state index in [-0.39, 0.29) is 5.82 Å². The van der Waals surface area contributed by atoms with Gasteiger partial charge in [-0.15, -0.1) is 16.4 Å². The molecule has 3 aromatic heterocycles. The van der Waals surface area contributed by atoms with Crippen molar-refractivity contribution in [2.75, 3.05) is 0 Å². The van der Waals surface area contributed by atoms with E-state index in [0.717, 1.165) is 16.6 Å². The van der Waals surface area contributed by atoms with Crippen LogP contribution in [0.15, 0.2) is 11.7 Å². The van der Waals surface area contributed by atoms with E-state index in [1.165, 1.54) is 11.9 Å². The Labute approximate surface area is 126 Å². The monoisotopic (exact) mass is 298 g/mol. The predicted octanol–water partition coefficient (Wildman–Crippen LogP) is 2.65. The number of rotatable bonds is 3. The van der Waals surface area contributed by atoms with Crippen LogP contribution in [0.3, 0.4) is 0 Å². The van der Waals surface area contributed by atoms with Crippen LogP contribution < -0.4 is 0 Å².